The van der Waals surface area contributed by atoms with Gasteiger partial charge in [0.2, 0.25) is 0 Å². The van der Waals surface area contributed by atoms with Crippen LogP contribution in [-0.2, 0) is 6.54 Å². The standard InChI is InChI=1S/C18H21FN4O2/c1-23(2)10-9-21-18(25)16-11-14(7-8-20-16)17(24)22-12-13-3-5-15(19)6-4-13/h3-8,11H,9-10,12H2,1-2H3,(H,21,25)(H,22,24). The van der Waals surface area contributed by atoms with Gasteiger partial charge >= 0.3 is 0 Å². The van der Waals surface area contributed by atoms with Gasteiger partial charge in [-0.15, -0.1) is 0 Å². The van der Waals surface area contributed by atoms with Crippen molar-refractivity contribution in [3.05, 3.63) is 65.2 Å². The predicted octanol–water partition coefficient (Wildman–Crippen LogP) is 1.44. The van der Waals surface area contributed by atoms with Gasteiger partial charge in [0.05, 0.1) is 0 Å². The Labute approximate surface area is 146 Å². The van der Waals surface area contributed by atoms with Crippen LogP contribution in [-0.4, -0.2) is 48.9 Å². The second-order valence-electron chi connectivity index (χ2n) is 5.80. The lowest BCUT2D eigenvalue weighted by Gasteiger charge is -2.10. The Morgan fingerprint density at radius 1 is 1.08 bits per heavy atom. The highest BCUT2D eigenvalue weighted by Gasteiger charge is 2.11. The van der Waals surface area contributed by atoms with Crippen LogP contribution in [0.15, 0.2) is 42.6 Å². The molecule has 0 saturated heterocycles. The monoisotopic (exact) mass is 344 g/mol. The SMILES string of the molecule is CN(C)CCNC(=O)c1cc(C(=O)NCc2ccc(F)cc2)ccn1. The second-order valence-corrected chi connectivity index (χ2v) is 5.80. The average molecular weight is 344 g/mol. The highest BCUT2D eigenvalue weighted by Crippen LogP contribution is 2.05. The van der Waals surface area contributed by atoms with Crippen LogP contribution < -0.4 is 10.6 Å². The van der Waals surface area contributed by atoms with Crippen molar-refractivity contribution in [2.24, 2.45) is 0 Å². The zero-order chi connectivity index (χ0) is 18.2. The van der Waals surface area contributed by atoms with Crippen molar-refractivity contribution in [2.75, 3.05) is 27.2 Å². The molecule has 0 spiro atoms. The highest BCUT2D eigenvalue weighted by atomic mass is 19.1. The van der Waals surface area contributed by atoms with Gasteiger partial charge in [-0.2, -0.15) is 0 Å². The molecule has 2 amide bonds. The fourth-order valence-corrected chi connectivity index (χ4v) is 2.07. The predicted molar refractivity (Wildman–Crippen MR) is 92.7 cm³/mol. The summed E-state index contributed by atoms with van der Waals surface area (Å²) in [5.74, 6) is -0.974. The van der Waals surface area contributed by atoms with Crippen molar-refractivity contribution < 1.29 is 14.0 Å². The van der Waals surface area contributed by atoms with Gasteiger partial charge in [0.15, 0.2) is 0 Å². The number of carbonyl (C=O) groups excluding carboxylic acids is 2. The van der Waals surface area contributed by atoms with Crippen molar-refractivity contribution >= 4 is 11.8 Å². The smallest absolute Gasteiger partial charge is 0.269 e. The number of carbonyl (C=O) groups is 2. The molecule has 1 aromatic carbocycles. The summed E-state index contributed by atoms with van der Waals surface area (Å²) < 4.78 is 12.9. The van der Waals surface area contributed by atoms with Crippen LogP contribution in [0.25, 0.3) is 0 Å². The van der Waals surface area contributed by atoms with E-state index in [1.165, 1.54) is 30.5 Å². The van der Waals surface area contributed by atoms with Gasteiger partial charge in [-0.05, 0) is 43.9 Å². The van der Waals surface area contributed by atoms with Crippen LogP contribution in [0.5, 0.6) is 0 Å². The Morgan fingerprint density at radius 3 is 2.48 bits per heavy atom. The molecule has 1 aromatic heterocycles. The molecule has 2 aromatic rings. The van der Waals surface area contributed by atoms with Gasteiger partial charge in [-0.1, -0.05) is 12.1 Å². The van der Waals surface area contributed by atoms with E-state index in [1.807, 2.05) is 19.0 Å². The summed E-state index contributed by atoms with van der Waals surface area (Å²) in [4.78, 5) is 30.2. The fraction of sp³-hybridized carbons (Fsp3) is 0.278. The number of hydrogen-bond donors (Lipinski definition) is 2. The summed E-state index contributed by atoms with van der Waals surface area (Å²) in [7, 11) is 3.83. The molecule has 0 aliphatic rings. The summed E-state index contributed by atoms with van der Waals surface area (Å²) in [6.45, 7) is 1.48. The fourth-order valence-electron chi connectivity index (χ4n) is 2.07. The van der Waals surface area contributed by atoms with Crippen LogP contribution >= 0.6 is 0 Å². The van der Waals surface area contributed by atoms with E-state index in [0.717, 1.165) is 5.56 Å². The molecular weight excluding hydrogens is 323 g/mol. The molecule has 25 heavy (non-hydrogen) atoms. The maximum Gasteiger partial charge on any atom is 0.269 e. The summed E-state index contributed by atoms with van der Waals surface area (Å²) in [5, 5.41) is 5.48. The quantitative estimate of drug-likeness (QED) is 0.797. The van der Waals surface area contributed by atoms with Crippen LogP contribution in [0, 0.1) is 5.82 Å². The highest BCUT2D eigenvalue weighted by molar-refractivity contribution is 5.98. The topological polar surface area (TPSA) is 74.3 Å². The molecule has 0 radical (unpaired) electrons. The molecule has 2 rings (SSSR count). The number of nitrogens with one attached hydrogen (secondary N) is 2. The summed E-state index contributed by atoms with van der Waals surface area (Å²) >= 11 is 0. The number of pyridine rings is 1. The number of hydrogen-bond acceptors (Lipinski definition) is 4. The number of halogens is 1. The first kappa shape index (κ1) is 18.5. The molecule has 7 heteroatoms. The third-order valence-electron chi connectivity index (χ3n) is 3.47. The number of likely N-dealkylation sites (N-methyl/N-ethyl adjacent to an activating group) is 1. The van der Waals surface area contributed by atoms with Crippen LogP contribution in [0.1, 0.15) is 26.4 Å². The molecule has 0 bridgehead atoms. The van der Waals surface area contributed by atoms with Crippen LogP contribution in [0.3, 0.4) is 0 Å². The largest absolute Gasteiger partial charge is 0.349 e. The molecular formula is C18H21FN4O2. The molecule has 0 saturated carbocycles. The van der Waals surface area contributed by atoms with E-state index in [2.05, 4.69) is 15.6 Å². The van der Waals surface area contributed by atoms with Crippen molar-refractivity contribution in [3.8, 4) is 0 Å². The van der Waals surface area contributed by atoms with E-state index < -0.39 is 0 Å². The van der Waals surface area contributed by atoms with Gasteiger partial charge < -0.3 is 15.5 Å². The van der Waals surface area contributed by atoms with E-state index in [-0.39, 0.29) is 29.9 Å². The molecule has 132 valence electrons. The maximum atomic E-state index is 12.9. The number of aromatic nitrogens is 1. The number of benzene rings is 1. The van der Waals surface area contributed by atoms with Gasteiger partial charge in [0.1, 0.15) is 11.5 Å². The Hall–Kier alpha value is -2.80. The van der Waals surface area contributed by atoms with Gasteiger partial charge in [0.25, 0.3) is 11.8 Å². The lowest BCUT2D eigenvalue weighted by Crippen LogP contribution is -2.32. The zero-order valence-corrected chi connectivity index (χ0v) is 14.3. The molecule has 6 nitrogen and oxygen atoms in total. The van der Waals surface area contributed by atoms with Crippen LogP contribution in [0.4, 0.5) is 4.39 Å². The molecule has 0 aliphatic carbocycles. The molecule has 0 unspecified atom stereocenters. The molecule has 0 atom stereocenters. The third kappa shape index (κ3) is 5.96. The maximum absolute atomic E-state index is 12.9. The summed E-state index contributed by atoms with van der Waals surface area (Å²) in [6, 6.07) is 8.87. The van der Waals surface area contributed by atoms with Crippen molar-refractivity contribution in [3.63, 3.8) is 0 Å². The first-order valence-corrected chi connectivity index (χ1v) is 7.87. The number of rotatable bonds is 7. The average Bonchev–Trinajstić information content (AvgIpc) is 2.60. The second kappa shape index (κ2) is 8.89. The Kier molecular flexibility index (Phi) is 6.59. The third-order valence-corrected chi connectivity index (χ3v) is 3.47. The Morgan fingerprint density at radius 2 is 1.80 bits per heavy atom. The van der Waals surface area contributed by atoms with Crippen molar-refractivity contribution in [1.29, 1.82) is 0 Å². The summed E-state index contributed by atoms with van der Waals surface area (Å²) in [6.07, 6.45) is 1.42. The van der Waals surface area contributed by atoms with E-state index in [9.17, 15) is 14.0 Å². The van der Waals surface area contributed by atoms with Gasteiger partial charge in [-0.25, -0.2) is 4.39 Å². The minimum Gasteiger partial charge on any atom is -0.349 e. The van der Waals surface area contributed by atoms with Crippen molar-refractivity contribution in [2.45, 2.75) is 6.54 Å². The molecule has 0 aliphatic heterocycles. The minimum atomic E-state index is -0.325. The molecule has 2 N–H and O–H groups in total. The van der Waals surface area contributed by atoms with Crippen LogP contribution in [0.2, 0.25) is 0 Å². The summed E-state index contributed by atoms with van der Waals surface area (Å²) in [5.41, 5.74) is 1.31. The molecule has 1 heterocycles. The normalized spacial score (nSPS) is 10.6. The Balaban J connectivity index is 1.93. The van der Waals surface area contributed by atoms with E-state index >= 15 is 0 Å². The Bertz CT molecular complexity index is 732. The lowest BCUT2D eigenvalue weighted by molar-refractivity contribution is 0.0946. The minimum absolute atomic E-state index is 0.188. The molecule has 0 fully saturated rings. The number of nitrogens with zero attached hydrogens (tertiary/aromatic N) is 2. The first-order chi connectivity index (χ1) is 12.0. The van der Waals surface area contributed by atoms with E-state index in [0.29, 0.717) is 18.7 Å². The van der Waals surface area contributed by atoms with Crippen molar-refractivity contribution in [1.82, 2.24) is 20.5 Å². The van der Waals surface area contributed by atoms with E-state index in [4.69, 9.17) is 0 Å². The van der Waals surface area contributed by atoms with Gasteiger partial charge in [-0.3, -0.25) is 14.6 Å². The van der Waals surface area contributed by atoms with E-state index in [1.54, 1.807) is 12.1 Å². The lowest BCUT2D eigenvalue weighted by atomic mass is 10.2. The van der Waals surface area contributed by atoms with Gasteiger partial charge in [0, 0.05) is 31.4 Å². The first-order valence-electron chi connectivity index (χ1n) is 7.87. The zero-order valence-electron chi connectivity index (χ0n) is 14.3. The number of amides is 2.